The minimum Gasteiger partial charge on any atom is -0.486 e. The molecule has 2 aromatic rings. The number of carbonyl (C=O) groups is 1. The maximum atomic E-state index is 13.2. The monoisotopic (exact) mass is 337 g/mol. The summed E-state index contributed by atoms with van der Waals surface area (Å²) in [5.74, 6) is 1.74. The topological polar surface area (TPSA) is 38.8 Å². The zero-order valence-electron chi connectivity index (χ0n) is 14.5. The van der Waals surface area contributed by atoms with E-state index in [9.17, 15) is 4.79 Å². The first-order valence-electron chi connectivity index (χ1n) is 8.96. The number of amides is 1. The van der Waals surface area contributed by atoms with E-state index in [2.05, 4.69) is 12.1 Å². The fourth-order valence-electron chi connectivity index (χ4n) is 3.57. The van der Waals surface area contributed by atoms with Gasteiger partial charge < -0.3 is 14.4 Å². The molecule has 0 aromatic heterocycles. The molecule has 1 aliphatic heterocycles. The zero-order chi connectivity index (χ0) is 17.3. The molecule has 1 amide bonds. The SMILES string of the molecule is CCN(CC1COc2ccccc2O1)C(=O)C1(c2ccccc2)CC1. The molecule has 2 aliphatic rings. The standard InChI is InChI=1S/C21H23NO3/c1-2-22(14-17-15-24-18-10-6-7-11-19(18)25-17)20(23)21(12-13-21)16-8-4-3-5-9-16/h3-11,17H,2,12-15H2,1H3. The highest BCUT2D eigenvalue weighted by atomic mass is 16.6. The molecular formula is C21H23NO3. The van der Waals surface area contributed by atoms with E-state index < -0.39 is 0 Å². The third-order valence-electron chi connectivity index (χ3n) is 5.15. The van der Waals surface area contributed by atoms with Gasteiger partial charge in [0.2, 0.25) is 5.91 Å². The molecule has 0 radical (unpaired) electrons. The van der Waals surface area contributed by atoms with Crippen molar-refractivity contribution >= 4 is 5.91 Å². The Morgan fingerprint density at radius 2 is 1.76 bits per heavy atom. The first-order valence-corrected chi connectivity index (χ1v) is 8.96. The zero-order valence-corrected chi connectivity index (χ0v) is 14.5. The maximum Gasteiger partial charge on any atom is 0.233 e. The predicted molar refractivity (Wildman–Crippen MR) is 96.0 cm³/mol. The van der Waals surface area contributed by atoms with Gasteiger partial charge in [0.15, 0.2) is 17.6 Å². The molecule has 1 unspecified atom stereocenters. The number of benzene rings is 2. The van der Waals surface area contributed by atoms with Gasteiger partial charge in [-0.05, 0) is 37.5 Å². The van der Waals surface area contributed by atoms with Gasteiger partial charge >= 0.3 is 0 Å². The van der Waals surface area contributed by atoms with Gasteiger partial charge in [-0.3, -0.25) is 4.79 Å². The van der Waals surface area contributed by atoms with Gasteiger partial charge in [-0.2, -0.15) is 0 Å². The third kappa shape index (κ3) is 2.97. The highest BCUT2D eigenvalue weighted by Gasteiger charge is 2.53. The molecule has 0 spiro atoms. The second-order valence-electron chi connectivity index (χ2n) is 6.79. The summed E-state index contributed by atoms with van der Waals surface area (Å²) in [6.45, 7) is 3.73. The highest BCUT2D eigenvalue weighted by Crippen LogP contribution is 2.49. The normalized spacial score (nSPS) is 20.0. The molecule has 1 fully saturated rings. The molecule has 4 rings (SSSR count). The van der Waals surface area contributed by atoms with E-state index in [-0.39, 0.29) is 17.4 Å². The number of carbonyl (C=O) groups excluding carboxylic acids is 1. The van der Waals surface area contributed by atoms with Crippen molar-refractivity contribution in [3.63, 3.8) is 0 Å². The van der Waals surface area contributed by atoms with E-state index in [4.69, 9.17) is 9.47 Å². The molecule has 0 N–H and O–H groups in total. The Labute approximate surface area is 148 Å². The van der Waals surface area contributed by atoms with Crippen molar-refractivity contribution < 1.29 is 14.3 Å². The van der Waals surface area contributed by atoms with Crippen LogP contribution in [-0.2, 0) is 10.2 Å². The average molecular weight is 337 g/mol. The van der Waals surface area contributed by atoms with Crippen LogP contribution in [0.5, 0.6) is 11.5 Å². The van der Waals surface area contributed by atoms with Crippen LogP contribution >= 0.6 is 0 Å². The van der Waals surface area contributed by atoms with Gasteiger partial charge in [0.05, 0.1) is 12.0 Å². The van der Waals surface area contributed by atoms with E-state index in [1.165, 1.54) is 0 Å². The van der Waals surface area contributed by atoms with E-state index in [1.54, 1.807) is 0 Å². The van der Waals surface area contributed by atoms with E-state index in [1.807, 2.05) is 54.3 Å². The first kappa shape index (κ1) is 16.0. The number of fused-ring (bicyclic) bond motifs is 1. The van der Waals surface area contributed by atoms with Crippen molar-refractivity contribution in [2.24, 2.45) is 0 Å². The van der Waals surface area contributed by atoms with Crippen molar-refractivity contribution in [2.45, 2.75) is 31.3 Å². The van der Waals surface area contributed by atoms with Crippen LogP contribution in [-0.4, -0.2) is 36.6 Å². The van der Waals surface area contributed by atoms with Gasteiger partial charge in [-0.15, -0.1) is 0 Å². The maximum absolute atomic E-state index is 13.2. The summed E-state index contributed by atoms with van der Waals surface area (Å²) in [6.07, 6.45) is 1.72. The van der Waals surface area contributed by atoms with Crippen LogP contribution in [0, 0.1) is 0 Å². The van der Waals surface area contributed by atoms with Crippen molar-refractivity contribution in [1.82, 2.24) is 4.90 Å². The summed E-state index contributed by atoms with van der Waals surface area (Å²) >= 11 is 0. The second kappa shape index (κ2) is 6.43. The first-order chi connectivity index (χ1) is 12.2. The van der Waals surface area contributed by atoms with Crippen LogP contribution in [0.3, 0.4) is 0 Å². The van der Waals surface area contributed by atoms with Crippen molar-refractivity contribution in [1.29, 1.82) is 0 Å². The Morgan fingerprint density at radius 1 is 1.08 bits per heavy atom. The van der Waals surface area contributed by atoms with Crippen LogP contribution in [0.4, 0.5) is 0 Å². The Balaban J connectivity index is 1.47. The number of hydrogen-bond donors (Lipinski definition) is 0. The number of ether oxygens (including phenoxy) is 2. The summed E-state index contributed by atoms with van der Waals surface area (Å²) < 4.78 is 11.8. The Hall–Kier alpha value is -2.49. The minimum atomic E-state index is -0.329. The molecule has 130 valence electrons. The Bertz CT molecular complexity index is 755. The van der Waals surface area contributed by atoms with Crippen molar-refractivity contribution in [3.8, 4) is 11.5 Å². The van der Waals surface area contributed by atoms with Gasteiger partial charge in [0, 0.05) is 6.54 Å². The Morgan fingerprint density at radius 3 is 2.44 bits per heavy atom. The third-order valence-corrected chi connectivity index (χ3v) is 5.15. The van der Waals surface area contributed by atoms with Crippen LogP contribution in [0.15, 0.2) is 54.6 Å². The lowest BCUT2D eigenvalue weighted by atomic mass is 9.94. The summed E-state index contributed by atoms with van der Waals surface area (Å²) in [5, 5.41) is 0. The smallest absolute Gasteiger partial charge is 0.233 e. The second-order valence-corrected chi connectivity index (χ2v) is 6.79. The van der Waals surface area contributed by atoms with Gasteiger partial charge in [0.1, 0.15) is 6.61 Å². The van der Waals surface area contributed by atoms with Gasteiger partial charge in [-0.25, -0.2) is 0 Å². The summed E-state index contributed by atoms with van der Waals surface area (Å²) in [4.78, 5) is 15.1. The van der Waals surface area contributed by atoms with Crippen LogP contribution in [0.1, 0.15) is 25.3 Å². The molecular weight excluding hydrogens is 314 g/mol. The molecule has 0 saturated heterocycles. The summed E-state index contributed by atoms with van der Waals surface area (Å²) in [5.41, 5.74) is 0.801. The van der Waals surface area contributed by atoms with Gasteiger partial charge in [-0.1, -0.05) is 42.5 Å². The van der Waals surface area contributed by atoms with Crippen LogP contribution in [0.2, 0.25) is 0 Å². The molecule has 2 aromatic carbocycles. The molecule has 1 aliphatic carbocycles. The number of hydrogen-bond acceptors (Lipinski definition) is 3. The molecule has 1 atom stereocenters. The lowest BCUT2D eigenvalue weighted by Crippen LogP contribution is -2.47. The Kier molecular flexibility index (Phi) is 4.12. The fourth-order valence-corrected chi connectivity index (χ4v) is 3.57. The van der Waals surface area contributed by atoms with Crippen LogP contribution < -0.4 is 9.47 Å². The average Bonchev–Trinajstić information content (AvgIpc) is 3.48. The number of rotatable bonds is 5. The quantitative estimate of drug-likeness (QED) is 0.839. The predicted octanol–water partition coefficient (Wildman–Crippen LogP) is 3.41. The largest absolute Gasteiger partial charge is 0.486 e. The van der Waals surface area contributed by atoms with E-state index in [0.717, 1.165) is 29.9 Å². The van der Waals surface area contributed by atoms with E-state index in [0.29, 0.717) is 19.7 Å². The number of nitrogens with zero attached hydrogens (tertiary/aromatic N) is 1. The van der Waals surface area contributed by atoms with Crippen molar-refractivity contribution in [2.75, 3.05) is 19.7 Å². The molecule has 4 heteroatoms. The van der Waals surface area contributed by atoms with Crippen LogP contribution in [0.25, 0.3) is 0 Å². The lowest BCUT2D eigenvalue weighted by molar-refractivity contribution is -0.135. The molecule has 4 nitrogen and oxygen atoms in total. The molecule has 1 heterocycles. The summed E-state index contributed by atoms with van der Waals surface area (Å²) in [7, 11) is 0. The van der Waals surface area contributed by atoms with Gasteiger partial charge in [0.25, 0.3) is 0 Å². The van der Waals surface area contributed by atoms with E-state index >= 15 is 0 Å². The molecule has 1 saturated carbocycles. The minimum absolute atomic E-state index is 0.134. The molecule has 25 heavy (non-hydrogen) atoms. The highest BCUT2D eigenvalue weighted by molar-refractivity contribution is 5.91. The lowest BCUT2D eigenvalue weighted by Gasteiger charge is -2.32. The number of para-hydroxylation sites is 2. The number of likely N-dealkylation sites (N-methyl/N-ethyl adjacent to an activating group) is 1. The fraction of sp³-hybridized carbons (Fsp3) is 0.381. The molecule has 0 bridgehead atoms. The van der Waals surface area contributed by atoms with Crippen molar-refractivity contribution in [3.05, 3.63) is 60.2 Å². The summed E-state index contributed by atoms with van der Waals surface area (Å²) in [6, 6.07) is 17.8.